The fourth-order valence-electron chi connectivity index (χ4n) is 2.17. The summed E-state index contributed by atoms with van der Waals surface area (Å²) in [5, 5.41) is 10.6. The molecule has 1 saturated heterocycles. The van der Waals surface area contributed by atoms with Crippen LogP contribution in [0.2, 0.25) is 0 Å². The summed E-state index contributed by atoms with van der Waals surface area (Å²) in [6, 6.07) is 0.00656. The Balaban J connectivity index is 2.15. The van der Waals surface area contributed by atoms with Crippen LogP contribution in [0.1, 0.15) is 32.1 Å². The SMILES string of the molecule is CN1CCCC1C(=O)CCCC(=O)NCC(=O)O. The average Bonchev–Trinajstić information content (AvgIpc) is 2.72. The molecule has 0 aromatic rings. The van der Waals surface area contributed by atoms with E-state index < -0.39 is 5.97 Å². The van der Waals surface area contributed by atoms with E-state index in [0.29, 0.717) is 12.8 Å². The zero-order valence-corrected chi connectivity index (χ0v) is 10.6. The van der Waals surface area contributed by atoms with E-state index in [9.17, 15) is 14.4 Å². The maximum absolute atomic E-state index is 11.8. The summed E-state index contributed by atoms with van der Waals surface area (Å²) in [6.07, 6.45) is 3.02. The summed E-state index contributed by atoms with van der Waals surface area (Å²) in [4.78, 5) is 35.3. The summed E-state index contributed by atoms with van der Waals surface area (Å²) in [5.74, 6) is -1.20. The lowest BCUT2D eigenvalue weighted by Gasteiger charge is -2.17. The molecule has 0 saturated carbocycles. The van der Waals surface area contributed by atoms with E-state index in [4.69, 9.17) is 5.11 Å². The lowest BCUT2D eigenvalue weighted by atomic mass is 10.0. The third kappa shape index (κ3) is 4.83. The Morgan fingerprint density at radius 2 is 2.06 bits per heavy atom. The number of hydrogen-bond donors (Lipinski definition) is 2. The summed E-state index contributed by atoms with van der Waals surface area (Å²) in [7, 11) is 1.94. The lowest BCUT2D eigenvalue weighted by molar-refractivity contribution is -0.138. The molecule has 1 fully saturated rings. The highest BCUT2D eigenvalue weighted by atomic mass is 16.4. The first kappa shape index (κ1) is 14.6. The molecule has 1 amide bonds. The van der Waals surface area contributed by atoms with Crippen molar-refractivity contribution in [2.75, 3.05) is 20.1 Å². The highest BCUT2D eigenvalue weighted by Gasteiger charge is 2.26. The number of carbonyl (C=O) groups is 3. The van der Waals surface area contributed by atoms with Crippen molar-refractivity contribution in [2.45, 2.75) is 38.1 Å². The highest BCUT2D eigenvalue weighted by Crippen LogP contribution is 2.17. The quantitative estimate of drug-likeness (QED) is 0.670. The maximum atomic E-state index is 11.8. The lowest BCUT2D eigenvalue weighted by Crippen LogP contribution is -2.33. The molecule has 0 bridgehead atoms. The number of rotatable bonds is 7. The zero-order chi connectivity index (χ0) is 13.5. The molecule has 1 rings (SSSR count). The second-order valence-corrected chi connectivity index (χ2v) is 4.63. The molecule has 18 heavy (non-hydrogen) atoms. The number of carboxylic acids is 1. The van der Waals surface area contributed by atoms with Crippen molar-refractivity contribution in [1.82, 2.24) is 10.2 Å². The van der Waals surface area contributed by atoms with Gasteiger partial charge in [0.15, 0.2) is 0 Å². The van der Waals surface area contributed by atoms with E-state index in [1.807, 2.05) is 11.9 Å². The van der Waals surface area contributed by atoms with Gasteiger partial charge in [0.1, 0.15) is 12.3 Å². The number of hydrogen-bond acceptors (Lipinski definition) is 4. The minimum absolute atomic E-state index is 0.00656. The number of likely N-dealkylation sites (N-methyl/N-ethyl adjacent to an activating group) is 1. The van der Waals surface area contributed by atoms with E-state index in [1.54, 1.807) is 0 Å². The number of carboxylic acid groups (broad SMARTS) is 1. The Hall–Kier alpha value is -1.43. The standard InChI is InChI=1S/C12H20N2O4/c1-14-7-3-4-9(14)10(15)5-2-6-11(16)13-8-12(17)18/h9H,2-8H2,1H3,(H,13,16)(H,17,18). The number of amides is 1. The first-order chi connectivity index (χ1) is 8.50. The molecule has 1 unspecified atom stereocenters. The van der Waals surface area contributed by atoms with Crippen LogP contribution in [0, 0.1) is 0 Å². The maximum Gasteiger partial charge on any atom is 0.322 e. The Bertz CT molecular complexity index is 330. The predicted octanol–water partition coefficient (Wildman–Crippen LogP) is 0.0208. The number of nitrogens with zero attached hydrogens (tertiary/aromatic N) is 1. The average molecular weight is 256 g/mol. The van der Waals surface area contributed by atoms with E-state index in [0.717, 1.165) is 19.4 Å². The normalized spacial score (nSPS) is 19.7. The van der Waals surface area contributed by atoms with E-state index >= 15 is 0 Å². The van der Waals surface area contributed by atoms with Crippen molar-refractivity contribution in [3.8, 4) is 0 Å². The van der Waals surface area contributed by atoms with Crippen molar-refractivity contribution in [3.63, 3.8) is 0 Å². The molecular weight excluding hydrogens is 236 g/mol. The van der Waals surface area contributed by atoms with E-state index in [1.165, 1.54) is 0 Å². The van der Waals surface area contributed by atoms with Gasteiger partial charge in [0.05, 0.1) is 6.04 Å². The molecular formula is C12H20N2O4. The molecule has 2 N–H and O–H groups in total. The molecule has 1 atom stereocenters. The Labute approximate surface area is 106 Å². The van der Waals surface area contributed by atoms with Gasteiger partial charge in [-0.2, -0.15) is 0 Å². The Morgan fingerprint density at radius 3 is 2.61 bits per heavy atom. The van der Waals surface area contributed by atoms with Crippen LogP contribution in [0.5, 0.6) is 0 Å². The third-order valence-corrected chi connectivity index (χ3v) is 3.16. The number of likely N-dealkylation sites (tertiary alicyclic amines) is 1. The largest absolute Gasteiger partial charge is 0.480 e. The van der Waals surface area contributed by atoms with Crippen LogP contribution in [0.3, 0.4) is 0 Å². The first-order valence-corrected chi connectivity index (χ1v) is 6.22. The molecule has 0 spiro atoms. The molecule has 1 aliphatic heterocycles. The monoisotopic (exact) mass is 256 g/mol. The van der Waals surface area contributed by atoms with Crippen LogP contribution in [-0.4, -0.2) is 53.8 Å². The molecule has 1 aliphatic rings. The minimum atomic E-state index is -1.06. The van der Waals surface area contributed by atoms with Crippen molar-refractivity contribution >= 4 is 17.7 Å². The Kier molecular flexibility index (Phi) is 5.77. The van der Waals surface area contributed by atoms with Crippen molar-refractivity contribution < 1.29 is 19.5 Å². The van der Waals surface area contributed by atoms with Crippen molar-refractivity contribution in [1.29, 1.82) is 0 Å². The topological polar surface area (TPSA) is 86.7 Å². The molecule has 6 heteroatoms. The smallest absolute Gasteiger partial charge is 0.322 e. The fraction of sp³-hybridized carbons (Fsp3) is 0.750. The number of carbonyl (C=O) groups excluding carboxylic acids is 2. The van der Waals surface area contributed by atoms with Crippen molar-refractivity contribution in [2.24, 2.45) is 0 Å². The fourth-order valence-corrected chi connectivity index (χ4v) is 2.17. The van der Waals surface area contributed by atoms with Crippen LogP contribution in [0.15, 0.2) is 0 Å². The molecule has 0 aromatic heterocycles. The molecule has 6 nitrogen and oxygen atoms in total. The molecule has 0 radical (unpaired) electrons. The Morgan fingerprint density at radius 1 is 1.33 bits per heavy atom. The summed E-state index contributed by atoms with van der Waals surface area (Å²) >= 11 is 0. The van der Waals surface area contributed by atoms with Gasteiger partial charge in [0.2, 0.25) is 5.91 Å². The van der Waals surface area contributed by atoms with Gasteiger partial charge >= 0.3 is 5.97 Å². The van der Waals surface area contributed by atoms with E-state index in [-0.39, 0.29) is 30.7 Å². The second kappa shape index (κ2) is 7.10. The van der Waals surface area contributed by atoms with Gasteiger partial charge in [-0.3, -0.25) is 19.3 Å². The molecule has 1 heterocycles. The first-order valence-electron chi connectivity index (χ1n) is 6.22. The van der Waals surface area contributed by atoms with Gasteiger partial charge in [-0.15, -0.1) is 0 Å². The van der Waals surface area contributed by atoms with Crippen LogP contribution < -0.4 is 5.32 Å². The van der Waals surface area contributed by atoms with Crippen LogP contribution in [0.25, 0.3) is 0 Å². The van der Waals surface area contributed by atoms with Gasteiger partial charge in [0, 0.05) is 12.8 Å². The minimum Gasteiger partial charge on any atom is -0.480 e. The molecule has 0 aliphatic carbocycles. The van der Waals surface area contributed by atoms with Crippen LogP contribution in [0.4, 0.5) is 0 Å². The predicted molar refractivity (Wildman–Crippen MR) is 65.2 cm³/mol. The van der Waals surface area contributed by atoms with Gasteiger partial charge in [-0.1, -0.05) is 0 Å². The number of nitrogens with one attached hydrogen (secondary N) is 1. The summed E-state index contributed by atoms with van der Waals surface area (Å²) in [6.45, 7) is 0.591. The molecule has 0 aromatic carbocycles. The summed E-state index contributed by atoms with van der Waals surface area (Å²) in [5.41, 5.74) is 0. The molecule has 102 valence electrons. The second-order valence-electron chi connectivity index (χ2n) is 4.63. The van der Waals surface area contributed by atoms with Gasteiger partial charge in [-0.25, -0.2) is 0 Å². The van der Waals surface area contributed by atoms with Crippen LogP contribution in [-0.2, 0) is 14.4 Å². The number of ketones is 1. The van der Waals surface area contributed by atoms with Gasteiger partial charge < -0.3 is 10.4 Å². The van der Waals surface area contributed by atoms with Crippen LogP contribution >= 0.6 is 0 Å². The summed E-state index contributed by atoms with van der Waals surface area (Å²) < 4.78 is 0. The number of aliphatic carboxylic acids is 1. The van der Waals surface area contributed by atoms with E-state index in [2.05, 4.69) is 5.32 Å². The highest BCUT2D eigenvalue weighted by molar-refractivity contribution is 5.85. The van der Waals surface area contributed by atoms with Crippen molar-refractivity contribution in [3.05, 3.63) is 0 Å². The zero-order valence-electron chi connectivity index (χ0n) is 10.6. The van der Waals surface area contributed by atoms with Gasteiger partial charge in [-0.05, 0) is 32.9 Å². The number of Topliss-reactive ketones (excluding diaryl/α,β-unsaturated/α-hetero) is 1. The third-order valence-electron chi connectivity index (χ3n) is 3.16. The van der Waals surface area contributed by atoms with Gasteiger partial charge in [0.25, 0.3) is 0 Å².